The number of hydrogen-bond acceptors (Lipinski definition) is 3. The number of carbonyl (C=O) groups is 1. The fourth-order valence-electron chi connectivity index (χ4n) is 0.638. The van der Waals surface area contributed by atoms with E-state index in [0.29, 0.717) is 0 Å². The van der Waals surface area contributed by atoms with Gasteiger partial charge in [0.1, 0.15) is 11.5 Å². The number of rotatable bonds is 1. The molecule has 0 amide bonds. The fourth-order valence-corrected chi connectivity index (χ4v) is 0.638. The van der Waals surface area contributed by atoms with Crippen molar-refractivity contribution in [1.29, 1.82) is 0 Å². The van der Waals surface area contributed by atoms with E-state index in [-0.39, 0.29) is 11.5 Å². The average molecular weight is 141 g/mol. The van der Waals surface area contributed by atoms with Crippen molar-refractivity contribution in [2.45, 2.75) is 0 Å². The summed E-state index contributed by atoms with van der Waals surface area (Å²) in [6, 6.07) is 2.78. The number of aromatic nitrogens is 1. The van der Waals surface area contributed by atoms with Crippen molar-refractivity contribution in [1.82, 2.24) is 4.68 Å². The van der Waals surface area contributed by atoms with E-state index >= 15 is 0 Å². The van der Waals surface area contributed by atoms with Gasteiger partial charge in [-0.2, -0.15) is 0 Å². The van der Waals surface area contributed by atoms with Crippen LogP contribution in [0.25, 0.3) is 0 Å². The third-order valence-corrected chi connectivity index (χ3v) is 1.17. The predicted molar refractivity (Wildman–Crippen MR) is 36.0 cm³/mol. The summed E-state index contributed by atoms with van der Waals surface area (Å²) in [4.78, 5) is 10.3. The Morgan fingerprint density at radius 1 is 1.60 bits per heavy atom. The second-order valence-corrected chi connectivity index (χ2v) is 1.82. The quantitative estimate of drug-likeness (QED) is 0.459. The van der Waals surface area contributed by atoms with Crippen molar-refractivity contribution in [2.24, 2.45) is 0 Å². The third kappa shape index (κ3) is 0.771. The highest BCUT2D eigenvalue weighted by Crippen LogP contribution is 2.05. The maximum atomic E-state index is 10.3. The molecule has 0 saturated heterocycles. The highest BCUT2D eigenvalue weighted by molar-refractivity contribution is 5.86. The summed E-state index contributed by atoms with van der Waals surface area (Å²) >= 11 is 0. The van der Waals surface area contributed by atoms with E-state index in [2.05, 4.69) is 0 Å². The van der Waals surface area contributed by atoms with Crippen LogP contribution in [0.5, 0.6) is 0 Å². The molecule has 5 N–H and O–H groups in total. The van der Waals surface area contributed by atoms with Crippen LogP contribution in [0, 0.1) is 0 Å². The van der Waals surface area contributed by atoms with Crippen molar-refractivity contribution < 1.29 is 9.90 Å². The van der Waals surface area contributed by atoms with Gasteiger partial charge in [-0.05, 0) is 12.1 Å². The van der Waals surface area contributed by atoms with Gasteiger partial charge in [0.15, 0.2) is 0 Å². The van der Waals surface area contributed by atoms with E-state index in [1.165, 1.54) is 12.1 Å². The lowest BCUT2D eigenvalue weighted by Gasteiger charge is -1.97. The molecule has 0 saturated carbocycles. The number of carboxylic acid groups (broad SMARTS) is 1. The lowest BCUT2D eigenvalue weighted by atomic mass is 10.4. The molecular formula is C5H7N3O2. The van der Waals surface area contributed by atoms with Crippen LogP contribution in [0.1, 0.15) is 10.5 Å². The van der Waals surface area contributed by atoms with E-state index in [1.54, 1.807) is 0 Å². The maximum Gasteiger partial charge on any atom is 0.354 e. The van der Waals surface area contributed by atoms with Gasteiger partial charge < -0.3 is 16.7 Å². The highest BCUT2D eigenvalue weighted by atomic mass is 16.4. The monoisotopic (exact) mass is 141 g/mol. The van der Waals surface area contributed by atoms with E-state index < -0.39 is 5.97 Å². The Hall–Kier alpha value is -1.65. The van der Waals surface area contributed by atoms with Gasteiger partial charge in [0.2, 0.25) is 0 Å². The fraction of sp³-hybridized carbons (Fsp3) is 0. The number of nitrogens with zero attached hydrogens (tertiary/aromatic N) is 1. The first-order chi connectivity index (χ1) is 4.63. The molecular weight excluding hydrogens is 134 g/mol. The van der Waals surface area contributed by atoms with Crippen LogP contribution >= 0.6 is 0 Å². The van der Waals surface area contributed by atoms with Gasteiger partial charge in [0.25, 0.3) is 0 Å². The zero-order valence-electron chi connectivity index (χ0n) is 5.11. The molecule has 1 aromatic heterocycles. The summed E-state index contributed by atoms with van der Waals surface area (Å²) in [5, 5.41) is 8.42. The summed E-state index contributed by atoms with van der Waals surface area (Å²) in [6.07, 6.45) is 0. The van der Waals surface area contributed by atoms with Crippen LogP contribution in [0.3, 0.4) is 0 Å². The first-order valence-corrected chi connectivity index (χ1v) is 2.58. The van der Waals surface area contributed by atoms with Crippen molar-refractivity contribution in [2.75, 3.05) is 11.6 Å². The van der Waals surface area contributed by atoms with E-state index in [0.717, 1.165) is 4.68 Å². The SMILES string of the molecule is Nc1ccc(C(=O)O)n1N. The number of nitrogens with two attached hydrogens (primary N) is 2. The van der Waals surface area contributed by atoms with Crippen molar-refractivity contribution in [3.05, 3.63) is 17.8 Å². The summed E-state index contributed by atoms with van der Waals surface area (Å²) in [5.74, 6) is 4.36. The van der Waals surface area contributed by atoms with Gasteiger partial charge >= 0.3 is 5.97 Å². The molecule has 54 valence electrons. The molecule has 0 aromatic carbocycles. The molecule has 0 bridgehead atoms. The molecule has 1 aromatic rings. The minimum Gasteiger partial charge on any atom is -0.477 e. The molecule has 1 rings (SSSR count). The Kier molecular flexibility index (Phi) is 1.26. The Balaban J connectivity index is 3.17. The molecule has 0 fully saturated rings. The maximum absolute atomic E-state index is 10.3. The number of nitrogen functional groups attached to an aromatic ring is 2. The number of aromatic carboxylic acids is 1. The van der Waals surface area contributed by atoms with Gasteiger partial charge in [-0.25, -0.2) is 9.47 Å². The molecule has 5 heteroatoms. The number of hydrogen-bond donors (Lipinski definition) is 3. The van der Waals surface area contributed by atoms with Crippen molar-refractivity contribution in [3.8, 4) is 0 Å². The number of carboxylic acids is 1. The third-order valence-electron chi connectivity index (χ3n) is 1.17. The lowest BCUT2D eigenvalue weighted by molar-refractivity contribution is 0.0687. The normalized spacial score (nSPS) is 9.60. The van der Waals surface area contributed by atoms with Crippen LogP contribution in [0.4, 0.5) is 5.82 Å². The first kappa shape index (κ1) is 6.47. The Labute approximate surface area is 56.8 Å². The van der Waals surface area contributed by atoms with Crippen LogP contribution in [-0.2, 0) is 0 Å². The van der Waals surface area contributed by atoms with Gasteiger partial charge in [-0.3, -0.25) is 0 Å². The minimum atomic E-state index is -1.08. The summed E-state index contributed by atoms with van der Waals surface area (Å²) in [7, 11) is 0. The van der Waals surface area contributed by atoms with Gasteiger partial charge in [0, 0.05) is 0 Å². The van der Waals surface area contributed by atoms with Crippen LogP contribution in [0.2, 0.25) is 0 Å². The Morgan fingerprint density at radius 2 is 2.20 bits per heavy atom. The molecule has 0 atom stereocenters. The molecule has 1 heterocycles. The smallest absolute Gasteiger partial charge is 0.354 e. The summed E-state index contributed by atoms with van der Waals surface area (Å²) in [5.41, 5.74) is 5.24. The molecule has 0 radical (unpaired) electrons. The van der Waals surface area contributed by atoms with Gasteiger partial charge in [-0.1, -0.05) is 0 Å². The molecule has 0 aliphatic carbocycles. The average Bonchev–Trinajstić information content (AvgIpc) is 2.14. The van der Waals surface area contributed by atoms with E-state index in [4.69, 9.17) is 16.7 Å². The molecule has 10 heavy (non-hydrogen) atoms. The largest absolute Gasteiger partial charge is 0.477 e. The highest BCUT2D eigenvalue weighted by Gasteiger charge is 2.08. The lowest BCUT2D eigenvalue weighted by Crippen LogP contribution is -2.17. The van der Waals surface area contributed by atoms with Crippen LogP contribution < -0.4 is 11.6 Å². The van der Waals surface area contributed by atoms with Crippen molar-refractivity contribution >= 4 is 11.8 Å². The molecule has 0 spiro atoms. The second-order valence-electron chi connectivity index (χ2n) is 1.82. The van der Waals surface area contributed by atoms with Crippen molar-refractivity contribution in [3.63, 3.8) is 0 Å². The van der Waals surface area contributed by atoms with Crippen LogP contribution in [-0.4, -0.2) is 15.8 Å². The zero-order chi connectivity index (χ0) is 7.72. The molecule has 0 aliphatic rings. The molecule has 5 nitrogen and oxygen atoms in total. The minimum absolute atomic E-state index is 0.0162. The second kappa shape index (κ2) is 1.94. The number of anilines is 1. The first-order valence-electron chi connectivity index (χ1n) is 2.58. The standard InChI is InChI=1S/C5H7N3O2/c6-4-2-1-3(5(9)10)8(4)7/h1-2H,6-7H2,(H,9,10). The van der Waals surface area contributed by atoms with Crippen LogP contribution in [0.15, 0.2) is 12.1 Å². The van der Waals surface area contributed by atoms with Gasteiger partial charge in [-0.15, -0.1) is 0 Å². The Bertz CT molecular complexity index is 266. The van der Waals surface area contributed by atoms with E-state index in [1.807, 2.05) is 0 Å². The van der Waals surface area contributed by atoms with E-state index in [9.17, 15) is 4.79 Å². The molecule has 0 aliphatic heterocycles. The Morgan fingerprint density at radius 3 is 2.40 bits per heavy atom. The summed E-state index contributed by atoms with van der Waals surface area (Å²) < 4.78 is 0.919. The molecule has 0 unspecified atom stereocenters. The summed E-state index contributed by atoms with van der Waals surface area (Å²) in [6.45, 7) is 0. The topological polar surface area (TPSA) is 94.3 Å². The predicted octanol–water partition coefficient (Wildman–Crippen LogP) is -0.518. The zero-order valence-corrected chi connectivity index (χ0v) is 5.11. The van der Waals surface area contributed by atoms with Gasteiger partial charge in [0.05, 0.1) is 0 Å².